The number of hydrogen-bond acceptors (Lipinski definition) is 0. The maximum atomic E-state index is 2.49. The van der Waals surface area contributed by atoms with Crippen LogP contribution in [0.5, 0.6) is 0 Å². The van der Waals surface area contributed by atoms with Crippen molar-refractivity contribution in [2.75, 3.05) is 0 Å². The lowest BCUT2D eigenvalue weighted by molar-refractivity contribution is -0.0418. The Morgan fingerprint density at radius 2 is 0.543 bits per heavy atom. The highest BCUT2D eigenvalue weighted by molar-refractivity contribution is 5.72. The van der Waals surface area contributed by atoms with Gasteiger partial charge in [0.25, 0.3) is 0 Å². The fourth-order valence-electron chi connectivity index (χ4n) is 9.89. The van der Waals surface area contributed by atoms with Gasteiger partial charge in [0, 0.05) is 5.41 Å². The molecule has 0 aromatic heterocycles. The van der Waals surface area contributed by atoms with E-state index in [0.717, 1.165) is 23.7 Å². The smallest absolute Gasteiger partial charge is 0.0259 e. The first kappa shape index (κ1) is 27.6. The third-order valence-electron chi connectivity index (χ3n) is 11.8. The van der Waals surface area contributed by atoms with E-state index < -0.39 is 0 Å². The van der Waals surface area contributed by atoms with Crippen LogP contribution in [0.1, 0.15) is 43.2 Å². The van der Waals surface area contributed by atoms with Crippen molar-refractivity contribution in [2.24, 2.45) is 23.7 Å². The van der Waals surface area contributed by atoms with E-state index in [-0.39, 0.29) is 5.41 Å². The molecule has 0 amide bonds. The van der Waals surface area contributed by atoms with Crippen molar-refractivity contribution in [2.45, 2.75) is 37.5 Å². The number of hydrogen-bond donors (Lipinski definition) is 0. The first-order chi connectivity index (χ1) is 22.7. The lowest BCUT2D eigenvalue weighted by Crippen LogP contribution is -2.56. The van der Waals surface area contributed by atoms with Crippen molar-refractivity contribution >= 4 is 0 Å². The van der Waals surface area contributed by atoms with Gasteiger partial charge in [-0.15, -0.1) is 0 Å². The Labute approximate surface area is 273 Å². The quantitative estimate of drug-likeness (QED) is 0.180. The largest absolute Gasteiger partial charge is 0.0622 e. The molecule has 6 aromatic rings. The fourth-order valence-corrected chi connectivity index (χ4v) is 9.89. The Morgan fingerprint density at radius 1 is 0.283 bits per heavy atom. The Balaban J connectivity index is 1.05. The molecule has 0 heterocycles. The molecule has 0 unspecified atom stereocenters. The molecular formula is C46H40. The fraction of sp³-hybridized carbons (Fsp3) is 0.217. The van der Waals surface area contributed by atoms with Gasteiger partial charge in [-0.2, -0.15) is 0 Å². The van der Waals surface area contributed by atoms with Crippen LogP contribution in [-0.4, -0.2) is 0 Å². The third-order valence-corrected chi connectivity index (χ3v) is 11.8. The molecule has 0 atom stereocenters. The molecule has 4 fully saturated rings. The molecule has 4 aliphatic rings. The summed E-state index contributed by atoms with van der Waals surface area (Å²) in [6.07, 6.45) is 7.02. The van der Waals surface area contributed by atoms with Gasteiger partial charge in [0.15, 0.2) is 0 Å². The SMILES string of the molecule is c1ccc(-c2ccc(-c3ccc(C4(c5ccc(-c6ccc(-c7ccccc7)cc6)cc5)C5CC6CC(C5)CC4C6)cc3)cc2)cc1. The minimum absolute atomic E-state index is 0.110. The van der Waals surface area contributed by atoms with Crippen LogP contribution in [0, 0.1) is 23.7 Å². The van der Waals surface area contributed by atoms with E-state index in [0.29, 0.717) is 0 Å². The van der Waals surface area contributed by atoms with Gasteiger partial charge in [-0.1, -0.05) is 158 Å². The third kappa shape index (κ3) is 4.66. The second kappa shape index (κ2) is 11.3. The van der Waals surface area contributed by atoms with Gasteiger partial charge in [0.05, 0.1) is 0 Å². The van der Waals surface area contributed by atoms with Gasteiger partial charge in [-0.3, -0.25) is 0 Å². The monoisotopic (exact) mass is 592 g/mol. The zero-order valence-electron chi connectivity index (χ0n) is 26.4. The zero-order chi connectivity index (χ0) is 30.5. The standard InChI is InChI=1S/C46H40/c1-3-7-34(8-4-1)36-11-15-38(16-12-36)40-19-23-42(24-20-40)46(44-28-32-27-33(30-44)31-45(46)29-32)43-25-21-41(22-26-43)39-17-13-37(14-18-39)35-9-5-2-6-10-35/h1-26,32-33,44-45H,27-31H2. The predicted molar refractivity (Wildman–Crippen MR) is 192 cm³/mol. The van der Waals surface area contributed by atoms with Gasteiger partial charge in [0.1, 0.15) is 0 Å². The van der Waals surface area contributed by atoms with E-state index in [2.05, 4.69) is 158 Å². The summed E-state index contributed by atoms with van der Waals surface area (Å²) in [5.74, 6) is 3.33. The van der Waals surface area contributed by atoms with E-state index in [9.17, 15) is 0 Å². The van der Waals surface area contributed by atoms with Gasteiger partial charge >= 0.3 is 0 Å². The topological polar surface area (TPSA) is 0 Å². The van der Waals surface area contributed by atoms with Crippen molar-refractivity contribution in [3.63, 3.8) is 0 Å². The molecule has 0 aliphatic heterocycles. The Kier molecular flexibility index (Phi) is 6.78. The van der Waals surface area contributed by atoms with Crippen LogP contribution in [0.2, 0.25) is 0 Å². The average molecular weight is 593 g/mol. The molecule has 224 valence electrons. The van der Waals surface area contributed by atoms with Crippen molar-refractivity contribution in [1.29, 1.82) is 0 Å². The predicted octanol–water partition coefficient (Wildman–Crippen LogP) is 12.1. The van der Waals surface area contributed by atoms with Gasteiger partial charge in [-0.25, -0.2) is 0 Å². The molecule has 0 nitrogen and oxygen atoms in total. The highest BCUT2D eigenvalue weighted by Gasteiger charge is 2.58. The molecule has 0 N–H and O–H groups in total. The number of benzene rings is 6. The van der Waals surface area contributed by atoms with Crippen LogP contribution in [0.25, 0.3) is 44.5 Å². The van der Waals surface area contributed by atoms with Crippen LogP contribution in [0.4, 0.5) is 0 Å². The molecule has 46 heavy (non-hydrogen) atoms. The van der Waals surface area contributed by atoms with Crippen molar-refractivity contribution in [3.8, 4) is 44.5 Å². The molecule has 10 rings (SSSR count). The lowest BCUT2D eigenvalue weighted by Gasteiger charge is -2.62. The first-order valence-corrected chi connectivity index (χ1v) is 17.3. The number of rotatable bonds is 6. The van der Waals surface area contributed by atoms with Crippen molar-refractivity contribution in [3.05, 3.63) is 169 Å². The highest BCUT2D eigenvalue weighted by atomic mass is 14.6. The van der Waals surface area contributed by atoms with Crippen molar-refractivity contribution < 1.29 is 0 Å². The minimum atomic E-state index is 0.110. The molecular weight excluding hydrogens is 553 g/mol. The Morgan fingerprint density at radius 3 is 0.848 bits per heavy atom. The van der Waals surface area contributed by atoms with Crippen LogP contribution in [0.3, 0.4) is 0 Å². The van der Waals surface area contributed by atoms with Gasteiger partial charge in [-0.05, 0) is 111 Å². The molecule has 4 bridgehead atoms. The Bertz CT molecular complexity index is 1770. The summed E-state index contributed by atoms with van der Waals surface area (Å²) in [5.41, 5.74) is 13.4. The van der Waals surface area contributed by atoms with Crippen LogP contribution >= 0.6 is 0 Å². The lowest BCUT2D eigenvalue weighted by atomic mass is 9.42. The van der Waals surface area contributed by atoms with Crippen molar-refractivity contribution in [1.82, 2.24) is 0 Å². The zero-order valence-corrected chi connectivity index (χ0v) is 26.4. The maximum Gasteiger partial charge on any atom is 0.0259 e. The first-order valence-electron chi connectivity index (χ1n) is 17.3. The summed E-state index contributed by atoms with van der Waals surface area (Å²) in [4.78, 5) is 0. The van der Waals surface area contributed by atoms with E-state index >= 15 is 0 Å². The molecule has 0 saturated heterocycles. The second-order valence-electron chi connectivity index (χ2n) is 14.2. The summed E-state index contributed by atoms with van der Waals surface area (Å²) in [5, 5.41) is 0. The molecule has 6 aromatic carbocycles. The summed E-state index contributed by atoms with van der Waals surface area (Å²) in [6, 6.07) is 59.0. The second-order valence-corrected chi connectivity index (χ2v) is 14.2. The van der Waals surface area contributed by atoms with Crippen LogP contribution in [-0.2, 0) is 5.41 Å². The summed E-state index contributed by atoms with van der Waals surface area (Å²) >= 11 is 0. The van der Waals surface area contributed by atoms with E-state index in [1.54, 1.807) is 0 Å². The van der Waals surface area contributed by atoms with Gasteiger partial charge < -0.3 is 0 Å². The van der Waals surface area contributed by atoms with Gasteiger partial charge in [0.2, 0.25) is 0 Å². The average Bonchev–Trinajstić information content (AvgIpc) is 3.13. The Hall–Kier alpha value is -4.68. The van der Waals surface area contributed by atoms with E-state index in [1.165, 1.54) is 87.7 Å². The van der Waals surface area contributed by atoms with Crippen LogP contribution < -0.4 is 0 Å². The van der Waals surface area contributed by atoms with Crippen LogP contribution in [0.15, 0.2) is 158 Å². The highest BCUT2D eigenvalue weighted by Crippen LogP contribution is 2.65. The molecule has 0 radical (unpaired) electrons. The summed E-state index contributed by atoms with van der Waals surface area (Å²) in [7, 11) is 0. The van der Waals surface area contributed by atoms with E-state index in [1.807, 2.05) is 0 Å². The molecule has 4 aliphatic carbocycles. The summed E-state index contributed by atoms with van der Waals surface area (Å²) in [6.45, 7) is 0. The van der Waals surface area contributed by atoms with E-state index in [4.69, 9.17) is 0 Å². The summed E-state index contributed by atoms with van der Waals surface area (Å²) < 4.78 is 0. The normalized spacial score (nSPS) is 22.5. The molecule has 4 saturated carbocycles. The minimum Gasteiger partial charge on any atom is -0.0622 e. The molecule has 0 spiro atoms. The maximum absolute atomic E-state index is 2.49. The molecule has 0 heteroatoms.